The summed E-state index contributed by atoms with van der Waals surface area (Å²) < 4.78 is 5.30. The van der Waals surface area contributed by atoms with Crippen LogP contribution in [-0.2, 0) is 4.74 Å². The van der Waals surface area contributed by atoms with Crippen molar-refractivity contribution in [2.24, 2.45) is 0 Å². The molecule has 0 saturated carbocycles. The molecule has 0 aromatic carbocycles. The molecular weight excluding hydrogens is 138 g/mol. The molecule has 0 rings (SSSR count). The highest BCUT2D eigenvalue weighted by molar-refractivity contribution is 4.96. The van der Waals surface area contributed by atoms with Crippen LogP contribution in [0.15, 0.2) is 12.2 Å². The predicted molar refractivity (Wildman–Crippen MR) is 48.8 cm³/mol. The molecule has 2 heteroatoms. The van der Waals surface area contributed by atoms with E-state index < -0.39 is 0 Å². The van der Waals surface area contributed by atoms with Gasteiger partial charge in [0.1, 0.15) is 0 Å². The zero-order chi connectivity index (χ0) is 8.53. The molecule has 0 unspecified atom stereocenters. The lowest BCUT2D eigenvalue weighted by molar-refractivity contribution is 0.155. The first-order chi connectivity index (χ1) is 5.31. The van der Waals surface area contributed by atoms with Gasteiger partial charge in [-0.25, -0.2) is 0 Å². The third-order valence-corrected chi connectivity index (χ3v) is 1.28. The van der Waals surface area contributed by atoms with Crippen molar-refractivity contribution in [3.8, 4) is 0 Å². The van der Waals surface area contributed by atoms with Crippen molar-refractivity contribution in [2.75, 3.05) is 26.3 Å². The molecule has 0 atom stereocenters. The highest BCUT2D eigenvalue weighted by Crippen LogP contribution is 1.90. The second-order valence-corrected chi connectivity index (χ2v) is 2.58. The smallest absolute Gasteiger partial charge is 0.0686 e. The molecule has 0 bridgehead atoms. The average Bonchev–Trinajstić information content (AvgIpc) is 2.01. The monoisotopic (exact) mass is 157 g/mol. The van der Waals surface area contributed by atoms with Crippen LogP contribution in [0, 0.1) is 0 Å². The first-order valence-corrected chi connectivity index (χ1v) is 4.26. The number of hydrogen-bond donors (Lipinski definition) is 1. The second-order valence-electron chi connectivity index (χ2n) is 2.58. The molecule has 66 valence electrons. The molecule has 0 aliphatic heterocycles. The fourth-order valence-corrected chi connectivity index (χ4v) is 0.714. The first kappa shape index (κ1) is 10.7. The van der Waals surface area contributed by atoms with E-state index in [9.17, 15) is 0 Å². The third-order valence-electron chi connectivity index (χ3n) is 1.28. The molecule has 0 amide bonds. The second kappa shape index (κ2) is 7.76. The van der Waals surface area contributed by atoms with Gasteiger partial charge in [0.15, 0.2) is 0 Å². The summed E-state index contributed by atoms with van der Waals surface area (Å²) in [5.74, 6) is 0. The third kappa shape index (κ3) is 7.56. The fraction of sp³-hybridized carbons (Fsp3) is 0.778. The lowest BCUT2D eigenvalue weighted by Crippen LogP contribution is -2.18. The van der Waals surface area contributed by atoms with Gasteiger partial charge in [-0.15, -0.1) is 0 Å². The molecule has 2 nitrogen and oxygen atoms in total. The van der Waals surface area contributed by atoms with Gasteiger partial charge < -0.3 is 10.1 Å². The fourth-order valence-electron chi connectivity index (χ4n) is 0.714. The molecular formula is C9H19NO. The zero-order valence-corrected chi connectivity index (χ0v) is 7.65. The summed E-state index contributed by atoms with van der Waals surface area (Å²) in [6.45, 7) is 11.5. The van der Waals surface area contributed by atoms with Gasteiger partial charge in [0.2, 0.25) is 0 Å². The first-order valence-electron chi connectivity index (χ1n) is 4.26. The van der Waals surface area contributed by atoms with Crippen molar-refractivity contribution in [1.82, 2.24) is 5.32 Å². The highest BCUT2D eigenvalue weighted by Gasteiger charge is 1.91. The van der Waals surface area contributed by atoms with Crippen LogP contribution in [0.2, 0.25) is 0 Å². The summed E-state index contributed by atoms with van der Waals surface area (Å²) in [6, 6.07) is 0. The van der Waals surface area contributed by atoms with Crippen molar-refractivity contribution in [3.63, 3.8) is 0 Å². The Kier molecular flexibility index (Phi) is 7.52. The van der Waals surface area contributed by atoms with Crippen molar-refractivity contribution in [1.29, 1.82) is 0 Å². The minimum Gasteiger partial charge on any atom is -0.377 e. The summed E-state index contributed by atoms with van der Waals surface area (Å²) in [5, 5.41) is 3.20. The van der Waals surface area contributed by atoms with E-state index in [1.165, 1.54) is 0 Å². The maximum atomic E-state index is 5.30. The maximum absolute atomic E-state index is 5.30. The maximum Gasteiger partial charge on any atom is 0.0686 e. The Bertz CT molecular complexity index is 102. The van der Waals surface area contributed by atoms with Gasteiger partial charge >= 0.3 is 0 Å². The van der Waals surface area contributed by atoms with Crippen molar-refractivity contribution >= 4 is 0 Å². The lowest BCUT2D eigenvalue weighted by atomic mass is 10.3. The van der Waals surface area contributed by atoms with Crippen LogP contribution in [0.5, 0.6) is 0 Å². The van der Waals surface area contributed by atoms with E-state index in [1.807, 2.05) is 0 Å². The number of rotatable bonds is 7. The number of nitrogens with one attached hydrogen (secondary N) is 1. The Morgan fingerprint density at radius 1 is 1.45 bits per heavy atom. The lowest BCUT2D eigenvalue weighted by Gasteiger charge is -2.05. The van der Waals surface area contributed by atoms with Gasteiger partial charge in [-0.3, -0.25) is 0 Å². The van der Waals surface area contributed by atoms with Crippen LogP contribution in [0.25, 0.3) is 0 Å². The van der Waals surface area contributed by atoms with E-state index in [0.29, 0.717) is 6.61 Å². The molecule has 0 saturated heterocycles. The zero-order valence-electron chi connectivity index (χ0n) is 7.65. The van der Waals surface area contributed by atoms with Crippen LogP contribution in [0.3, 0.4) is 0 Å². The summed E-state index contributed by atoms with van der Waals surface area (Å²) >= 11 is 0. The van der Waals surface area contributed by atoms with Gasteiger partial charge in [0.25, 0.3) is 0 Å². The molecule has 0 aromatic rings. The number of likely N-dealkylation sites (N-methyl/N-ethyl adjacent to an activating group) is 1. The van der Waals surface area contributed by atoms with Crippen LogP contribution < -0.4 is 5.32 Å². The van der Waals surface area contributed by atoms with E-state index in [0.717, 1.165) is 31.7 Å². The Labute approximate surface area is 69.6 Å². The summed E-state index contributed by atoms with van der Waals surface area (Å²) in [6.07, 6.45) is 1.08. The topological polar surface area (TPSA) is 21.3 Å². The number of hydrogen-bond acceptors (Lipinski definition) is 2. The Morgan fingerprint density at radius 2 is 2.18 bits per heavy atom. The molecule has 0 aromatic heterocycles. The molecule has 11 heavy (non-hydrogen) atoms. The van der Waals surface area contributed by atoms with Crippen LogP contribution in [-0.4, -0.2) is 26.3 Å². The van der Waals surface area contributed by atoms with Gasteiger partial charge in [0, 0.05) is 13.2 Å². The SMILES string of the molecule is C=C(CNCC)COCCC. The van der Waals surface area contributed by atoms with Crippen molar-refractivity contribution < 1.29 is 4.74 Å². The van der Waals surface area contributed by atoms with E-state index in [4.69, 9.17) is 4.74 Å². The summed E-state index contributed by atoms with van der Waals surface area (Å²) in [4.78, 5) is 0. The minimum absolute atomic E-state index is 0.695. The Hall–Kier alpha value is -0.340. The quantitative estimate of drug-likeness (QED) is 0.447. The van der Waals surface area contributed by atoms with Crippen molar-refractivity contribution in [3.05, 3.63) is 12.2 Å². The molecule has 0 heterocycles. The minimum atomic E-state index is 0.695. The van der Waals surface area contributed by atoms with E-state index >= 15 is 0 Å². The molecule has 0 aliphatic carbocycles. The van der Waals surface area contributed by atoms with Gasteiger partial charge in [-0.05, 0) is 18.5 Å². The van der Waals surface area contributed by atoms with Gasteiger partial charge in [-0.2, -0.15) is 0 Å². The predicted octanol–water partition coefficient (Wildman–Crippen LogP) is 1.58. The molecule has 0 spiro atoms. The highest BCUT2D eigenvalue weighted by atomic mass is 16.5. The van der Waals surface area contributed by atoms with E-state index in [1.54, 1.807) is 0 Å². The molecule has 1 N–H and O–H groups in total. The number of ether oxygens (including phenoxy) is 1. The van der Waals surface area contributed by atoms with Crippen LogP contribution in [0.4, 0.5) is 0 Å². The largest absolute Gasteiger partial charge is 0.377 e. The standard InChI is InChI=1S/C9H19NO/c1-4-6-11-8-9(3)7-10-5-2/h10H,3-8H2,1-2H3. The van der Waals surface area contributed by atoms with E-state index in [2.05, 4.69) is 25.7 Å². The molecule has 0 fully saturated rings. The Morgan fingerprint density at radius 3 is 2.73 bits per heavy atom. The summed E-state index contributed by atoms with van der Waals surface area (Å²) in [7, 11) is 0. The normalized spacial score (nSPS) is 10.0. The van der Waals surface area contributed by atoms with Gasteiger partial charge in [0.05, 0.1) is 6.61 Å². The average molecular weight is 157 g/mol. The van der Waals surface area contributed by atoms with Crippen LogP contribution >= 0.6 is 0 Å². The molecule has 0 radical (unpaired) electrons. The Balaban J connectivity index is 3.09. The van der Waals surface area contributed by atoms with Crippen LogP contribution in [0.1, 0.15) is 20.3 Å². The molecule has 0 aliphatic rings. The van der Waals surface area contributed by atoms with Crippen molar-refractivity contribution in [2.45, 2.75) is 20.3 Å². The summed E-state index contributed by atoms with van der Waals surface area (Å²) in [5.41, 5.74) is 1.13. The van der Waals surface area contributed by atoms with E-state index in [-0.39, 0.29) is 0 Å². The van der Waals surface area contributed by atoms with Gasteiger partial charge in [-0.1, -0.05) is 20.4 Å².